The number of hydrogen-bond donors (Lipinski definition) is 1. The van der Waals surface area contributed by atoms with Crippen molar-refractivity contribution in [3.05, 3.63) is 60.2 Å². The van der Waals surface area contributed by atoms with Gasteiger partial charge in [-0.15, -0.1) is 0 Å². The molecule has 0 saturated heterocycles. The summed E-state index contributed by atoms with van der Waals surface area (Å²) in [7, 11) is 1.30. The van der Waals surface area contributed by atoms with Gasteiger partial charge in [0.2, 0.25) is 5.60 Å². The number of carbonyl (C=O) groups is 2. The Morgan fingerprint density at radius 1 is 1.33 bits per heavy atom. The van der Waals surface area contributed by atoms with Gasteiger partial charge in [0.15, 0.2) is 0 Å². The largest absolute Gasteiger partial charge is 0.469 e. The quantitative estimate of drug-likeness (QED) is 0.632. The molecule has 1 aromatic rings. The summed E-state index contributed by atoms with van der Waals surface area (Å²) in [4.78, 5) is 29.6. The summed E-state index contributed by atoms with van der Waals surface area (Å²) in [5, 5.41) is 6.59. The van der Waals surface area contributed by atoms with Crippen molar-refractivity contribution in [1.82, 2.24) is 5.32 Å². The molecule has 142 valence electrons. The van der Waals surface area contributed by atoms with E-state index in [1.54, 1.807) is 12.2 Å². The highest BCUT2D eigenvalue weighted by Gasteiger charge is 2.45. The Bertz CT molecular complexity index is 832. The van der Waals surface area contributed by atoms with Crippen LogP contribution in [0.25, 0.3) is 0 Å². The minimum absolute atomic E-state index is 0.0257. The fourth-order valence-electron chi connectivity index (χ4n) is 3.07. The van der Waals surface area contributed by atoms with E-state index in [4.69, 9.17) is 4.84 Å². The summed E-state index contributed by atoms with van der Waals surface area (Å²) in [6.07, 6.45) is 5.01. The number of oxime groups is 1. The van der Waals surface area contributed by atoms with Crippen molar-refractivity contribution in [1.29, 1.82) is 0 Å². The second-order valence-corrected chi connectivity index (χ2v) is 6.39. The van der Waals surface area contributed by atoms with Crippen molar-refractivity contribution in [2.75, 3.05) is 7.11 Å². The maximum Gasteiger partial charge on any atom is 0.312 e. The van der Waals surface area contributed by atoms with Crippen LogP contribution >= 0.6 is 0 Å². The van der Waals surface area contributed by atoms with Crippen LogP contribution in [0.4, 0.5) is 8.78 Å². The van der Waals surface area contributed by atoms with E-state index in [9.17, 15) is 18.4 Å². The second-order valence-electron chi connectivity index (χ2n) is 6.39. The zero-order valence-electron chi connectivity index (χ0n) is 14.6. The fraction of sp³-hybridized carbons (Fsp3) is 0.316. The van der Waals surface area contributed by atoms with Crippen LogP contribution in [0.5, 0.6) is 0 Å². The molecule has 3 atom stereocenters. The van der Waals surface area contributed by atoms with Crippen molar-refractivity contribution in [2.45, 2.75) is 24.5 Å². The lowest BCUT2D eigenvalue weighted by Crippen LogP contribution is -2.48. The molecule has 1 heterocycles. The van der Waals surface area contributed by atoms with Crippen LogP contribution in [0.1, 0.15) is 18.4 Å². The number of ether oxygens (including phenoxy) is 1. The van der Waals surface area contributed by atoms with Gasteiger partial charge in [0.05, 0.1) is 18.7 Å². The van der Waals surface area contributed by atoms with E-state index in [1.807, 2.05) is 0 Å². The number of nitrogens with one attached hydrogen (secondary N) is 1. The van der Waals surface area contributed by atoms with Crippen LogP contribution in [0, 0.1) is 17.6 Å². The molecular weight excluding hydrogens is 358 g/mol. The molecule has 0 fully saturated rings. The van der Waals surface area contributed by atoms with Crippen LogP contribution in [-0.2, 0) is 19.2 Å². The lowest BCUT2D eigenvalue weighted by molar-refractivity contribution is -0.144. The third-order valence-electron chi connectivity index (χ3n) is 4.56. The molecule has 3 rings (SSSR count). The summed E-state index contributed by atoms with van der Waals surface area (Å²) in [6.45, 7) is 3.63. The molecule has 1 aromatic carbocycles. The molecule has 2 aliphatic rings. The first-order chi connectivity index (χ1) is 12.9. The van der Waals surface area contributed by atoms with E-state index >= 15 is 0 Å². The number of nitrogens with zero attached hydrogens (tertiary/aromatic N) is 1. The molecule has 0 aromatic heterocycles. The lowest BCUT2D eigenvalue weighted by atomic mass is 9.92. The minimum Gasteiger partial charge on any atom is -0.469 e. The SMILES string of the molecule is C=C[C@]1(C(=O)N[C@@H]2C=C[C@H](C(=O)OC)C2)CC(c2cc(F)cc(F)c2)=NO1. The van der Waals surface area contributed by atoms with Gasteiger partial charge in [0.1, 0.15) is 11.6 Å². The summed E-state index contributed by atoms with van der Waals surface area (Å²) in [6, 6.07) is 2.60. The molecule has 0 saturated carbocycles. The summed E-state index contributed by atoms with van der Waals surface area (Å²) < 4.78 is 31.6. The Balaban J connectivity index is 1.69. The Morgan fingerprint density at radius 2 is 2.04 bits per heavy atom. The zero-order chi connectivity index (χ0) is 19.6. The third kappa shape index (κ3) is 3.74. The van der Waals surface area contributed by atoms with Crippen molar-refractivity contribution >= 4 is 17.6 Å². The summed E-state index contributed by atoms with van der Waals surface area (Å²) in [5.41, 5.74) is -1.07. The maximum atomic E-state index is 13.4. The zero-order valence-corrected chi connectivity index (χ0v) is 14.6. The van der Waals surface area contributed by atoms with Crippen LogP contribution in [-0.4, -0.2) is 36.3 Å². The highest BCUT2D eigenvalue weighted by atomic mass is 19.1. The first-order valence-electron chi connectivity index (χ1n) is 8.29. The highest BCUT2D eigenvalue weighted by molar-refractivity contribution is 6.06. The number of amides is 1. The van der Waals surface area contributed by atoms with Gasteiger partial charge in [0.25, 0.3) is 5.91 Å². The first kappa shape index (κ1) is 18.8. The minimum atomic E-state index is -1.49. The van der Waals surface area contributed by atoms with E-state index < -0.39 is 29.1 Å². The van der Waals surface area contributed by atoms with Gasteiger partial charge >= 0.3 is 5.97 Å². The molecule has 0 spiro atoms. The van der Waals surface area contributed by atoms with E-state index in [0.717, 1.165) is 18.2 Å². The van der Waals surface area contributed by atoms with Gasteiger partial charge < -0.3 is 14.9 Å². The van der Waals surface area contributed by atoms with Crippen LogP contribution in [0.3, 0.4) is 0 Å². The second kappa shape index (κ2) is 7.30. The topological polar surface area (TPSA) is 77.0 Å². The first-order valence-corrected chi connectivity index (χ1v) is 8.29. The Hall–Kier alpha value is -3.03. The standard InChI is InChI=1S/C19H18F2N2O4/c1-3-19(18(25)22-15-5-4-11(8-15)17(24)26-2)10-16(23-27-19)12-6-13(20)9-14(21)7-12/h3-7,9,11,15H,1,8,10H2,2H3,(H,22,25)/t11-,15+,19+/m0/s1. The summed E-state index contributed by atoms with van der Waals surface area (Å²) >= 11 is 0. The van der Waals surface area contributed by atoms with E-state index in [2.05, 4.69) is 21.8 Å². The monoisotopic (exact) mass is 376 g/mol. The number of esters is 1. The van der Waals surface area contributed by atoms with Gasteiger partial charge in [-0.25, -0.2) is 8.78 Å². The number of methoxy groups -OCH3 is 1. The van der Waals surface area contributed by atoms with Gasteiger partial charge in [-0.2, -0.15) is 0 Å². The molecule has 8 heteroatoms. The van der Waals surface area contributed by atoms with Crippen molar-refractivity contribution in [2.24, 2.45) is 11.1 Å². The fourth-order valence-corrected chi connectivity index (χ4v) is 3.07. The highest BCUT2D eigenvalue weighted by Crippen LogP contribution is 2.30. The Kier molecular flexibility index (Phi) is 5.07. The van der Waals surface area contributed by atoms with Gasteiger partial charge in [-0.05, 0) is 24.6 Å². The lowest BCUT2D eigenvalue weighted by Gasteiger charge is -2.23. The van der Waals surface area contributed by atoms with Gasteiger partial charge in [-0.1, -0.05) is 23.9 Å². The predicted octanol–water partition coefficient (Wildman–Crippen LogP) is 2.25. The van der Waals surface area contributed by atoms with E-state index in [-0.39, 0.29) is 29.7 Å². The smallest absolute Gasteiger partial charge is 0.312 e. The average molecular weight is 376 g/mol. The number of carbonyl (C=O) groups excluding carboxylic acids is 2. The Labute approximate surface area is 154 Å². The van der Waals surface area contributed by atoms with Crippen LogP contribution < -0.4 is 5.32 Å². The molecule has 1 amide bonds. The number of rotatable bonds is 5. The third-order valence-corrected chi connectivity index (χ3v) is 4.56. The number of hydrogen-bond acceptors (Lipinski definition) is 5. The summed E-state index contributed by atoms with van der Waals surface area (Å²) in [5.74, 6) is -2.81. The molecule has 27 heavy (non-hydrogen) atoms. The normalized spacial score (nSPS) is 26.3. The molecule has 1 aliphatic carbocycles. The van der Waals surface area contributed by atoms with Crippen molar-refractivity contribution < 1.29 is 27.9 Å². The molecule has 0 unspecified atom stereocenters. The average Bonchev–Trinajstić information content (AvgIpc) is 3.28. The Morgan fingerprint density at radius 3 is 2.67 bits per heavy atom. The van der Waals surface area contributed by atoms with Gasteiger partial charge in [-0.3, -0.25) is 9.59 Å². The predicted molar refractivity (Wildman–Crippen MR) is 92.7 cm³/mol. The maximum absolute atomic E-state index is 13.4. The molecule has 1 N–H and O–H groups in total. The van der Waals surface area contributed by atoms with Gasteiger partial charge in [0, 0.05) is 24.1 Å². The number of benzene rings is 1. The molecule has 1 aliphatic heterocycles. The number of halogens is 2. The van der Waals surface area contributed by atoms with Crippen molar-refractivity contribution in [3.63, 3.8) is 0 Å². The van der Waals surface area contributed by atoms with Crippen LogP contribution in [0.15, 0.2) is 48.2 Å². The van der Waals surface area contributed by atoms with Crippen molar-refractivity contribution in [3.8, 4) is 0 Å². The molecular formula is C19H18F2N2O4. The van der Waals surface area contributed by atoms with Crippen LogP contribution in [0.2, 0.25) is 0 Å². The molecule has 0 bridgehead atoms. The molecule has 0 radical (unpaired) electrons. The van der Waals surface area contributed by atoms with E-state index in [1.165, 1.54) is 13.2 Å². The molecule has 6 nitrogen and oxygen atoms in total. The van der Waals surface area contributed by atoms with E-state index in [0.29, 0.717) is 6.42 Å².